The molecule has 4 N–H and O–H groups in total. The fourth-order valence-electron chi connectivity index (χ4n) is 3.14. The second-order valence-electron chi connectivity index (χ2n) is 5.70. The highest BCUT2D eigenvalue weighted by Crippen LogP contribution is 2.22. The van der Waals surface area contributed by atoms with E-state index in [-0.39, 0.29) is 11.5 Å². The smallest absolute Gasteiger partial charge is 0.257 e. The lowest BCUT2D eigenvalue weighted by molar-refractivity contribution is 0.243. The van der Waals surface area contributed by atoms with Crippen molar-refractivity contribution in [2.24, 2.45) is 0 Å². The van der Waals surface area contributed by atoms with Crippen LogP contribution in [0.1, 0.15) is 16.8 Å². The van der Waals surface area contributed by atoms with Crippen molar-refractivity contribution in [2.75, 3.05) is 12.3 Å². The van der Waals surface area contributed by atoms with Crippen molar-refractivity contribution in [3.05, 3.63) is 57.6 Å². The molecule has 0 spiro atoms. The van der Waals surface area contributed by atoms with Crippen LogP contribution in [0, 0.1) is 0 Å². The molecule has 0 unspecified atom stereocenters. The zero-order valence-electron chi connectivity index (χ0n) is 12.1. The number of anilines is 1. The molecule has 6 heteroatoms. The SMILES string of the molecule is Nc1nc2c(c(=O)[nH]1)CN(Cc1c[nH]c3ccccc13)CC2. The summed E-state index contributed by atoms with van der Waals surface area (Å²) >= 11 is 0. The molecule has 0 radical (unpaired) electrons. The first-order valence-corrected chi connectivity index (χ1v) is 7.35. The fraction of sp³-hybridized carbons (Fsp3) is 0.250. The van der Waals surface area contributed by atoms with E-state index in [0.717, 1.165) is 36.3 Å². The van der Waals surface area contributed by atoms with E-state index < -0.39 is 0 Å². The van der Waals surface area contributed by atoms with Crippen molar-refractivity contribution in [1.82, 2.24) is 19.9 Å². The first-order valence-electron chi connectivity index (χ1n) is 7.35. The number of nitrogens with two attached hydrogens (primary N) is 1. The molecule has 0 aliphatic carbocycles. The number of para-hydroxylation sites is 1. The summed E-state index contributed by atoms with van der Waals surface area (Å²) in [5.74, 6) is 0.203. The monoisotopic (exact) mass is 295 g/mol. The van der Waals surface area contributed by atoms with E-state index in [2.05, 4.69) is 32.0 Å². The van der Waals surface area contributed by atoms with Gasteiger partial charge in [-0.3, -0.25) is 14.7 Å². The third kappa shape index (κ3) is 2.17. The summed E-state index contributed by atoms with van der Waals surface area (Å²) in [5, 5.41) is 1.23. The molecule has 6 nitrogen and oxygen atoms in total. The van der Waals surface area contributed by atoms with E-state index in [0.29, 0.717) is 6.54 Å². The Morgan fingerprint density at radius 2 is 2.18 bits per heavy atom. The molecule has 1 aliphatic rings. The largest absolute Gasteiger partial charge is 0.369 e. The highest BCUT2D eigenvalue weighted by Gasteiger charge is 2.21. The van der Waals surface area contributed by atoms with Gasteiger partial charge in [0.15, 0.2) is 0 Å². The van der Waals surface area contributed by atoms with Gasteiger partial charge in [0.1, 0.15) is 0 Å². The predicted octanol–water partition coefficient (Wildman–Crippen LogP) is 1.39. The lowest BCUT2D eigenvalue weighted by atomic mass is 10.1. The number of H-pyrrole nitrogens is 2. The maximum Gasteiger partial charge on any atom is 0.257 e. The summed E-state index contributed by atoms with van der Waals surface area (Å²) in [4.78, 5) is 24.4. The number of hydrogen-bond donors (Lipinski definition) is 3. The maximum atomic E-state index is 12.0. The molecule has 0 amide bonds. The molecule has 22 heavy (non-hydrogen) atoms. The normalized spacial score (nSPS) is 15.1. The summed E-state index contributed by atoms with van der Waals surface area (Å²) < 4.78 is 0. The standard InChI is InChI=1S/C16H17N5O/c17-16-19-14-5-6-21(9-12(14)15(22)20-16)8-10-7-18-13-4-2-1-3-11(10)13/h1-4,7,18H,5-6,8-9H2,(H3,17,19,20,22). The number of nitrogen functional groups attached to an aromatic ring is 1. The summed E-state index contributed by atoms with van der Waals surface area (Å²) in [6.45, 7) is 2.30. The molecule has 0 saturated heterocycles. The van der Waals surface area contributed by atoms with Crippen LogP contribution in [0.3, 0.4) is 0 Å². The number of aromatic nitrogens is 3. The lowest BCUT2D eigenvalue weighted by Crippen LogP contribution is -2.35. The van der Waals surface area contributed by atoms with Gasteiger partial charge >= 0.3 is 0 Å². The average Bonchev–Trinajstić information content (AvgIpc) is 2.91. The molecular formula is C16H17N5O. The Labute approximate surface area is 127 Å². The highest BCUT2D eigenvalue weighted by molar-refractivity contribution is 5.82. The first-order chi connectivity index (χ1) is 10.7. The molecule has 0 saturated carbocycles. The molecule has 2 aromatic heterocycles. The molecule has 4 rings (SSSR count). The number of benzene rings is 1. The Morgan fingerprint density at radius 1 is 1.32 bits per heavy atom. The zero-order valence-corrected chi connectivity index (χ0v) is 12.1. The van der Waals surface area contributed by atoms with Gasteiger partial charge in [0.05, 0.1) is 11.3 Å². The number of nitrogens with one attached hydrogen (secondary N) is 2. The van der Waals surface area contributed by atoms with Gasteiger partial charge in [0, 0.05) is 43.2 Å². The van der Waals surface area contributed by atoms with Crippen LogP contribution in [0.4, 0.5) is 5.95 Å². The quantitative estimate of drug-likeness (QED) is 0.666. The number of aromatic amines is 2. The molecule has 112 valence electrons. The van der Waals surface area contributed by atoms with Crippen molar-refractivity contribution in [3.63, 3.8) is 0 Å². The summed E-state index contributed by atoms with van der Waals surface area (Å²) in [6.07, 6.45) is 2.80. The van der Waals surface area contributed by atoms with Crippen molar-refractivity contribution < 1.29 is 0 Å². The second-order valence-corrected chi connectivity index (χ2v) is 5.70. The van der Waals surface area contributed by atoms with Crippen LogP contribution in [0.2, 0.25) is 0 Å². The van der Waals surface area contributed by atoms with Crippen LogP contribution in [0.15, 0.2) is 35.3 Å². The van der Waals surface area contributed by atoms with Gasteiger partial charge in [-0.2, -0.15) is 0 Å². The van der Waals surface area contributed by atoms with E-state index in [9.17, 15) is 4.79 Å². The lowest BCUT2D eigenvalue weighted by Gasteiger charge is -2.27. The molecule has 0 fully saturated rings. The third-order valence-electron chi connectivity index (χ3n) is 4.23. The van der Waals surface area contributed by atoms with Crippen LogP contribution in [0.25, 0.3) is 10.9 Å². The number of rotatable bonds is 2. The fourth-order valence-corrected chi connectivity index (χ4v) is 3.14. The molecular weight excluding hydrogens is 278 g/mol. The number of hydrogen-bond acceptors (Lipinski definition) is 4. The van der Waals surface area contributed by atoms with Crippen molar-refractivity contribution in [3.8, 4) is 0 Å². The van der Waals surface area contributed by atoms with Gasteiger partial charge in [-0.1, -0.05) is 18.2 Å². The third-order valence-corrected chi connectivity index (χ3v) is 4.23. The maximum absolute atomic E-state index is 12.0. The van der Waals surface area contributed by atoms with Crippen molar-refractivity contribution in [1.29, 1.82) is 0 Å². The predicted molar refractivity (Wildman–Crippen MR) is 85.4 cm³/mol. The van der Waals surface area contributed by atoms with Crippen LogP contribution >= 0.6 is 0 Å². The molecule has 3 aromatic rings. The Balaban J connectivity index is 1.62. The van der Waals surface area contributed by atoms with Crippen LogP contribution in [0.5, 0.6) is 0 Å². The Kier molecular flexibility index (Phi) is 2.97. The minimum absolute atomic E-state index is 0.119. The molecule has 3 heterocycles. The second kappa shape index (κ2) is 4.99. The number of nitrogens with zero attached hydrogens (tertiary/aromatic N) is 2. The summed E-state index contributed by atoms with van der Waals surface area (Å²) in [7, 11) is 0. The first kappa shape index (κ1) is 13.1. The Hall–Kier alpha value is -2.60. The number of fused-ring (bicyclic) bond motifs is 2. The van der Waals surface area contributed by atoms with Crippen LogP contribution in [-0.4, -0.2) is 26.4 Å². The summed E-state index contributed by atoms with van der Waals surface area (Å²) in [6, 6.07) is 8.26. The van der Waals surface area contributed by atoms with E-state index in [1.54, 1.807) is 0 Å². The van der Waals surface area contributed by atoms with Gasteiger partial charge in [-0.15, -0.1) is 0 Å². The minimum atomic E-state index is -0.119. The van der Waals surface area contributed by atoms with Gasteiger partial charge < -0.3 is 10.7 Å². The van der Waals surface area contributed by atoms with E-state index >= 15 is 0 Å². The van der Waals surface area contributed by atoms with Gasteiger partial charge in [0.2, 0.25) is 5.95 Å². The molecule has 1 aliphatic heterocycles. The molecule has 0 bridgehead atoms. The Morgan fingerprint density at radius 3 is 3.09 bits per heavy atom. The van der Waals surface area contributed by atoms with Crippen LogP contribution in [-0.2, 0) is 19.5 Å². The average molecular weight is 295 g/mol. The topological polar surface area (TPSA) is 90.8 Å². The van der Waals surface area contributed by atoms with Crippen molar-refractivity contribution >= 4 is 16.9 Å². The van der Waals surface area contributed by atoms with E-state index in [1.807, 2.05) is 18.3 Å². The van der Waals surface area contributed by atoms with Crippen LogP contribution < -0.4 is 11.3 Å². The highest BCUT2D eigenvalue weighted by atomic mass is 16.1. The van der Waals surface area contributed by atoms with Crippen molar-refractivity contribution in [2.45, 2.75) is 19.5 Å². The van der Waals surface area contributed by atoms with E-state index in [1.165, 1.54) is 10.9 Å². The summed E-state index contributed by atoms with van der Waals surface area (Å²) in [5.41, 5.74) is 9.44. The zero-order chi connectivity index (χ0) is 15.1. The minimum Gasteiger partial charge on any atom is -0.369 e. The van der Waals surface area contributed by atoms with Gasteiger partial charge in [-0.05, 0) is 11.6 Å². The van der Waals surface area contributed by atoms with Gasteiger partial charge in [-0.25, -0.2) is 4.98 Å². The molecule has 0 atom stereocenters. The molecule has 1 aromatic carbocycles. The van der Waals surface area contributed by atoms with Gasteiger partial charge in [0.25, 0.3) is 5.56 Å². The van der Waals surface area contributed by atoms with E-state index in [4.69, 9.17) is 5.73 Å². The Bertz CT molecular complexity index is 895.